The fourth-order valence-electron chi connectivity index (χ4n) is 6.58. The molecule has 1 aliphatic heterocycles. The zero-order valence-corrected chi connectivity index (χ0v) is 19.4. The maximum Gasteiger partial charge on any atom is 0.239 e. The number of carbonyl (C=O) groups excluding carboxylic acids is 3. The number of hydrogen-bond donors (Lipinski definition) is 0. The fraction of sp³-hybridized carbons (Fsp3) is 0.276. The topological polar surface area (TPSA) is 63.7 Å². The van der Waals surface area contributed by atoms with Crippen molar-refractivity contribution < 1.29 is 19.1 Å². The predicted octanol–water partition coefficient (Wildman–Crippen LogP) is 4.86. The molecular formula is C29H25NO4. The highest BCUT2D eigenvalue weighted by atomic mass is 16.5. The van der Waals surface area contributed by atoms with Gasteiger partial charge >= 0.3 is 0 Å². The van der Waals surface area contributed by atoms with E-state index in [-0.39, 0.29) is 23.5 Å². The first kappa shape index (κ1) is 20.8. The summed E-state index contributed by atoms with van der Waals surface area (Å²) in [5.74, 6) is -1.37. The second-order valence-electron chi connectivity index (χ2n) is 9.54. The summed E-state index contributed by atoms with van der Waals surface area (Å²) in [7, 11) is 0. The van der Waals surface area contributed by atoms with Crippen molar-refractivity contribution >= 4 is 23.3 Å². The Balaban J connectivity index is 1.58. The Hall–Kier alpha value is -3.73. The molecule has 3 aromatic rings. The lowest BCUT2D eigenvalue weighted by molar-refractivity contribution is -0.123. The van der Waals surface area contributed by atoms with Crippen LogP contribution in [-0.2, 0) is 15.0 Å². The Morgan fingerprint density at radius 2 is 1.56 bits per heavy atom. The van der Waals surface area contributed by atoms with Crippen LogP contribution in [0.1, 0.15) is 59.3 Å². The summed E-state index contributed by atoms with van der Waals surface area (Å²) >= 11 is 0. The van der Waals surface area contributed by atoms with E-state index in [1.165, 1.54) is 11.8 Å². The second kappa shape index (κ2) is 7.13. The van der Waals surface area contributed by atoms with Gasteiger partial charge in [0.25, 0.3) is 0 Å². The van der Waals surface area contributed by atoms with Crippen LogP contribution in [-0.4, -0.2) is 24.2 Å². The number of amides is 2. The molecule has 0 spiro atoms. The molecule has 3 aromatic carbocycles. The summed E-state index contributed by atoms with van der Waals surface area (Å²) in [6.45, 7) is 5.81. The maximum absolute atomic E-state index is 14.2. The molecule has 0 radical (unpaired) electrons. The highest BCUT2D eigenvalue weighted by molar-refractivity contribution is 6.24. The molecule has 3 aliphatic carbocycles. The van der Waals surface area contributed by atoms with E-state index < -0.39 is 17.3 Å². The quantitative estimate of drug-likeness (QED) is 0.420. The molecule has 5 nitrogen and oxygen atoms in total. The molecule has 2 atom stereocenters. The zero-order chi connectivity index (χ0) is 23.8. The van der Waals surface area contributed by atoms with Crippen LogP contribution in [0.5, 0.6) is 5.75 Å². The number of Topliss-reactive ketones (excluding diaryl/α,β-unsaturated/α-hetero) is 1. The van der Waals surface area contributed by atoms with E-state index >= 15 is 0 Å². The Bertz CT molecular complexity index is 1340. The second-order valence-corrected chi connectivity index (χ2v) is 9.54. The van der Waals surface area contributed by atoms with E-state index in [4.69, 9.17) is 4.74 Å². The molecule has 2 amide bonds. The zero-order valence-electron chi connectivity index (χ0n) is 19.4. The van der Waals surface area contributed by atoms with Crippen LogP contribution < -0.4 is 9.64 Å². The van der Waals surface area contributed by atoms with E-state index in [9.17, 15) is 14.4 Å². The molecule has 1 heterocycles. The average molecular weight is 452 g/mol. The Labute approximate surface area is 198 Å². The molecule has 170 valence electrons. The molecule has 0 N–H and O–H groups in total. The van der Waals surface area contributed by atoms with Gasteiger partial charge in [-0.2, -0.15) is 0 Å². The number of nitrogens with zero attached hydrogens (tertiary/aromatic N) is 1. The number of carbonyl (C=O) groups is 3. The number of benzene rings is 3. The first-order valence-corrected chi connectivity index (χ1v) is 11.7. The standard InChI is InChI=1S/C29H25NO4/c1-4-34-23-14-13-17(16(2)31)15-22(23)30-27(32)25-24-18-9-5-7-11-20(18)29(3,26(25)28(30)33)21-12-8-6-10-19(21)24/h5-15,24-26H,4H2,1-3H3/t24?,25-,26-,29?/m0/s1. The molecule has 2 bridgehead atoms. The number of ether oxygens (including phenoxy) is 1. The first-order chi connectivity index (χ1) is 16.4. The SMILES string of the molecule is CCOc1ccc(C(C)=O)cc1N1C(=O)[C@@H]2[C@@H](C1=O)C1c3ccccc3C2(C)c2ccccc21. The summed E-state index contributed by atoms with van der Waals surface area (Å²) in [6.07, 6.45) is 0. The minimum atomic E-state index is -0.627. The van der Waals surface area contributed by atoms with Gasteiger partial charge in [-0.15, -0.1) is 0 Å². The highest BCUT2D eigenvalue weighted by Crippen LogP contribution is 2.64. The third-order valence-corrected chi connectivity index (χ3v) is 7.95. The van der Waals surface area contributed by atoms with Crippen molar-refractivity contribution in [2.75, 3.05) is 11.5 Å². The van der Waals surface area contributed by atoms with Crippen LogP contribution in [0.2, 0.25) is 0 Å². The normalized spacial score (nSPS) is 26.2. The number of rotatable bonds is 4. The Kier molecular flexibility index (Phi) is 4.37. The Morgan fingerprint density at radius 3 is 2.15 bits per heavy atom. The van der Waals surface area contributed by atoms with Gasteiger partial charge in [-0.25, -0.2) is 4.90 Å². The van der Waals surface area contributed by atoms with Gasteiger partial charge in [0.05, 0.1) is 24.1 Å². The fourth-order valence-corrected chi connectivity index (χ4v) is 6.58. The van der Waals surface area contributed by atoms with Crippen molar-refractivity contribution in [2.24, 2.45) is 11.8 Å². The molecule has 1 fully saturated rings. The van der Waals surface area contributed by atoms with Crippen LogP contribution in [0.15, 0.2) is 66.7 Å². The van der Waals surface area contributed by atoms with Crippen LogP contribution >= 0.6 is 0 Å². The number of hydrogen-bond acceptors (Lipinski definition) is 4. The lowest BCUT2D eigenvalue weighted by atomic mass is 9.48. The lowest BCUT2D eigenvalue weighted by Gasteiger charge is -2.52. The molecule has 0 saturated carbocycles. The summed E-state index contributed by atoms with van der Waals surface area (Å²) < 4.78 is 5.79. The minimum absolute atomic E-state index is 0.132. The molecule has 34 heavy (non-hydrogen) atoms. The van der Waals surface area contributed by atoms with Gasteiger partial charge < -0.3 is 4.74 Å². The van der Waals surface area contributed by atoms with Crippen molar-refractivity contribution in [2.45, 2.75) is 32.1 Å². The van der Waals surface area contributed by atoms with E-state index in [1.54, 1.807) is 18.2 Å². The van der Waals surface area contributed by atoms with E-state index in [0.29, 0.717) is 23.6 Å². The van der Waals surface area contributed by atoms with Crippen molar-refractivity contribution in [1.29, 1.82) is 0 Å². The molecule has 0 unspecified atom stereocenters. The van der Waals surface area contributed by atoms with E-state index in [2.05, 4.69) is 31.2 Å². The van der Waals surface area contributed by atoms with Gasteiger partial charge in [0, 0.05) is 16.9 Å². The highest BCUT2D eigenvalue weighted by Gasteiger charge is 2.66. The molecule has 1 saturated heterocycles. The molecule has 0 aromatic heterocycles. The molecule has 5 heteroatoms. The molecule has 7 rings (SSSR count). The van der Waals surface area contributed by atoms with E-state index in [1.807, 2.05) is 31.2 Å². The van der Waals surface area contributed by atoms with Gasteiger partial charge in [0.15, 0.2) is 5.78 Å². The minimum Gasteiger partial charge on any atom is -0.492 e. The van der Waals surface area contributed by atoms with Gasteiger partial charge in [-0.3, -0.25) is 14.4 Å². The largest absolute Gasteiger partial charge is 0.492 e. The van der Waals surface area contributed by atoms with Crippen LogP contribution in [0, 0.1) is 11.8 Å². The van der Waals surface area contributed by atoms with Crippen molar-refractivity contribution in [3.05, 3.63) is 94.5 Å². The van der Waals surface area contributed by atoms with Crippen LogP contribution in [0.25, 0.3) is 0 Å². The number of imide groups is 1. The Morgan fingerprint density at radius 1 is 0.941 bits per heavy atom. The van der Waals surface area contributed by atoms with Gasteiger partial charge in [-0.1, -0.05) is 55.5 Å². The smallest absolute Gasteiger partial charge is 0.239 e. The maximum atomic E-state index is 14.2. The van der Waals surface area contributed by atoms with Gasteiger partial charge in [-0.05, 0) is 54.3 Å². The van der Waals surface area contributed by atoms with Crippen molar-refractivity contribution in [1.82, 2.24) is 0 Å². The molecule has 4 aliphatic rings. The van der Waals surface area contributed by atoms with Crippen molar-refractivity contribution in [3.8, 4) is 5.75 Å². The summed E-state index contributed by atoms with van der Waals surface area (Å²) in [6, 6.07) is 21.4. The number of anilines is 1. The van der Waals surface area contributed by atoms with Gasteiger partial charge in [0.2, 0.25) is 11.8 Å². The summed E-state index contributed by atoms with van der Waals surface area (Å²) in [5, 5.41) is 0. The average Bonchev–Trinajstić information content (AvgIpc) is 3.11. The van der Waals surface area contributed by atoms with E-state index in [0.717, 1.165) is 22.3 Å². The summed E-state index contributed by atoms with van der Waals surface area (Å²) in [4.78, 5) is 41.7. The predicted molar refractivity (Wildman–Crippen MR) is 128 cm³/mol. The summed E-state index contributed by atoms with van der Waals surface area (Å²) in [5.41, 5.74) is 4.64. The lowest BCUT2D eigenvalue weighted by Crippen LogP contribution is -2.51. The number of ketones is 1. The van der Waals surface area contributed by atoms with Crippen LogP contribution in [0.3, 0.4) is 0 Å². The monoisotopic (exact) mass is 451 g/mol. The van der Waals surface area contributed by atoms with Crippen molar-refractivity contribution in [3.63, 3.8) is 0 Å². The van der Waals surface area contributed by atoms with Crippen LogP contribution in [0.4, 0.5) is 5.69 Å². The third kappa shape index (κ3) is 2.47. The van der Waals surface area contributed by atoms with Gasteiger partial charge in [0.1, 0.15) is 5.75 Å². The molecular weight excluding hydrogens is 426 g/mol. The third-order valence-electron chi connectivity index (χ3n) is 7.95. The first-order valence-electron chi connectivity index (χ1n) is 11.7.